The number of rotatable bonds is 3. The summed E-state index contributed by atoms with van der Waals surface area (Å²) in [4.78, 5) is 13.7. The van der Waals surface area contributed by atoms with Gasteiger partial charge in [-0.3, -0.25) is 4.79 Å². The molecular weight excluding hydrogens is 304 g/mol. The molecule has 1 aromatic rings. The maximum atomic E-state index is 12.3. The van der Waals surface area contributed by atoms with Crippen molar-refractivity contribution in [1.82, 2.24) is 4.90 Å². The third kappa shape index (κ3) is 3.29. The van der Waals surface area contributed by atoms with Crippen LogP contribution < -0.4 is 5.14 Å². The number of hydrogen-bond donors (Lipinski definition) is 1. The topological polar surface area (TPSA) is 89.7 Å². The van der Waals surface area contributed by atoms with Gasteiger partial charge in [0, 0.05) is 24.2 Å². The van der Waals surface area contributed by atoms with Gasteiger partial charge in [-0.25, -0.2) is 13.6 Å². The van der Waals surface area contributed by atoms with Gasteiger partial charge in [0.1, 0.15) is 0 Å². The second-order valence-corrected chi connectivity index (χ2v) is 6.65. The van der Waals surface area contributed by atoms with Crippen LogP contribution in [0.4, 0.5) is 0 Å². The van der Waals surface area contributed by atoms with Crippen molar-refractivity contribution in [1.29, 1.82) is 0 Å². The van der Waals surface area contributed by atoms with E-state index in [0.717, 1.165) is 6.42 Å². The fourth-order valence-corrected chi connectivity index (χ4v) is 2.93. The minimum Gasteiger partial charge on any atom is -0.379 e. The van der Waals surface area contributed by atoms with E-state index in [4.69, 9.17) is 21.5 Å². The molecule has 1 aliphatic rings. The quantitative estimate of drug-likeness (QED) is 0.894. The van der Waals surface area contributed by atoms with Gasteiger partial charge < -0.3 is 9.64 Å². The van der Waals surface area contributed by atoms with Gasteiger partial charge in [-0.1, -0.05) is 11.6 Å². The molecule has 0 saturated carbocycles. The fraction of sp³-hybridized carbons (Fsp3) is 0.417. The highest BCUT2D eigenvalue weighted by atomic mass is 35.5. The number of sulfonamides is 1. The second-order valence-electron chi connectivity index (χ2n) is 4.65. The van der Waals surface area contributed by atoms with Gasteiger partial charge in [-0.15, -0.1) is 0 Å². The minimum atomic E-state index is -3.91. The number of amides is 1. The molecule has 1 fully saturated rings. The summed E-state index contributed by atoms with van der Waals surface area (Å²) in [7, 11) is -2.25. The number of ether oxygens (including phenoxy) is 1. The van der Waals surface area contributed by atoms with E-state index < -0.39 is 10.0 Å². The average Bonchev–Trinajstić information content (AvgIpc) is 2.89. The standard InChI is InChI=1S/C12H15ClN2O4S/c1-15(10-2-3-19-7-10)12(16)8-4-9(13)6-11(5-8)20(14,17)18/h4-6,10H,2-3,7H2,1H3,(H2,14,17,18). The third-order valence-electron chi connectivity index (χ3n) is 3.22. The van der Waals surface area contributed by atoms with Crippen LogP contribution in [0.1, 0.15) is 16.8 Å². The van der Waals surface area contributed by atoms with Gasteiger partial charge >= 0.3 is 0 Å². The van der Waals surface area contributed by atoms with E-state index in [0.29, 0.717) is 13.2 Å². The van der Waals surface area contributed by atoms with E-state index in [1.54, 1.807) is 7.05 Å². The average molecular weight is 319 g/mol. The van der Waals surface area contributed by atoms with Gasteiger partial charge in [0.25, 0.3) is 5.91 Å². The monoisotopic (exact) mass is 318 g/mol. The van der Waals surface area contributed by atoms with Crippen LogP contribution in [0.15, 0.2) is 23.1 Å². The maximum absolute atomic E-state index is 12.3. The van der Waals surface area contributed by atoms with Crippen LogP contribution in [0.3, 0.4) is 0 Å². The maximum Gasteiger partial charge on any atom is 0.254 e. The molecule has 1 aliphatic heterocycles. The Bertz CT molecular complexity index is 626. The van der Waals surface area contributed by atoms with Gasteiger partial charge in [0.15, 0.2) is 0 Å². The lowest BCUT2D eigenvalue weighted by atomic mass is 10.1. The van der Waals surface area contributed by atoms with E-state index in [9.17, 15) is 13.2 Å². The molecule has 2 rings (SSSR count). The SMILES string of the molecule is CN(C(=O)c1cc(Cl)cc(S(N)(=O)=O)c1)C1CCOC1. The Labute approximate surface area is 122 Å². The van der Waals surface area contributed by atoms with Crippen LogP contribution in [0, 0.1) is 0 Å². The number of nitrogens with zero attached hydrogens (tertiary/aromatic N) is 1. The summed E-state index contributed by atoms with van der Waals surface area (Å²) in [6.45, 7) is 1.09. The summed E-state index contributed by atoms with van der Waals surface area (Å²) < 4.78 is 28.0. The predicted octanol–water partition coefficient (Wildman–Crippen LogP) is 0.848. The molecule has 1 unspecified atom stereocenters. The van der Waals surface area contributed by atoms with E-state index in [1.807, 2.05) is 0 Å². The highest BCUT2D eigenvalue weighted by molar-refractivity contribution is 7.89. The molecule has 2 N–H and O–H groups in total. The zero-order valence-electron chi connectivity index (χ0n) is 10.9. The number of benzene rings is 1. The van der Waals surface area contributed by atoms with Crippen molar-refractivity contribution in [2.24, 2.45) is 5.14 Å². The van der Waals surface area contributed by atoms with Crippen molar-refractivity contribution >= 4 is 27.5 Å². The molecule has 6 nitrogen and oxygen atoms in total. The Morgan fingerprint density at radius 2 is 2.15 bits per heavy atom. The summed E-state index contributed by atoms with van der Waals surface area (Å²) in [5, 5.41) is 5.21. The number of halogens is 1. The number of primary sulfonamides is 1. The Hall–Kier alpha value is -1.15. The van der Waals surface area contributed by atoms with Crippen LogP contribution >= 0.6 is 11.6 Å². The number of carbonyl (C=O) groups excluding carboxylic acids is 1. The predicted molar refractivity (Wildman–Crippen MR) is 74.1 cm³/mol. The minimum absolute atomic E-state index is 0.0144. The van der Waals surface area contributed by atoms with Crippen molar-refractivity contribution in [2.75, 3.05) is 20.3 Å². The Balaban J connectivity index is 2.32. The zero-order chi connectivity index (χ0) is 14.9. The molecule has 1 heterocycles. The largest absolute Gasteiger partial charge is 0.379 e. The molecule has 1 saturated heterocycles. The van der Waals surface area contributed by atoms with Gasteiger partial charge in [-0.2, -0.15) is 0 Å². The lowest BCUT2D eigenvalue weighted by Gasteiger charge is -2.23. The molecule has 0 bridgehead atoms. The summed E-state index contributed by atoms with van der Waals surface area (Å²) in [6.07, 6.45) is 0.755. The highest BCUT2D eigenvalue weighted by Gasteiger charge is 2.25. The van der Waals surface area contributed by atoms with Crippen LogP contribution in [-0.2, 0) is 14.8 Å². The zero-order valence-corrected chi connectivity index (χ0v) is 12.4. The number of carbonyl (C=O) groups is 1. The molecule has 1 atom stereocenters. The molecule has 1 aromatic carbocycles. The first-order valence-electron chi connectivity index (χ1n) is 5.97. The number of likely N-dealkylation sites (N-methyl/N-ethyl adjacent to an activating group) is 1. The summed E-state index contributed by atoms with van der Waals surface area (Å²) in [6, 6.07) is 3.85. The molecule has 1 amide bonds. The molecule has 20 heavy (non-hydrogen) atoms. The van der Waals surface area contributed by atoms with Crippen molar-refractivity contribution in [3.05, 3.63) is 28.8 Å². The Morgan fingerprint density at radius 1 is 1.45 bits per heavy atom. The van der Waals surface area contributed by atoms with E-state index in [1.165, 1.54) is 23.1 Å². The fourth-order valence-electron chi connectivity index (χ4n) is 2.05. The van der Waals surface area contributed by atoms with Crippen molar-refractivity contribution < 1.29 is 17.9 Å². The molecule has 0 aromatic heterocycles. The second kappa shape index (κ2) is 5.69. The summed E-state index contributed by atoms with van der Waals surface area (Å²) in [5.74, 6) is -0.312. The van der Waals surface area contributed by atoms with Crippen LogP contribution in [0.25, 0.3) is 0 Å². The van der Waals surface area contributed by atoms with Gasteiger partial charge in [0.05, 0.1) is 17.5 Å². The molecular formula is C12H15ClN2O4S. The normalized spacial score (nSPS) is 19.1. The number of nitrogens with two attached hydrogens (primary N) is 1. The smallest absolute Gasteiger partial charge is 0.254 e. The van der Waals surface area contributed by atoms with Gasteiger partial charge in [0.2, 0.25) is 10.0 Å². The molecule has 0 spiro atoms. The van der Waals surface area contributed by atoms with Crippen molar-refractivity contribution in [3.63, 3.8) is 0 Å². The molecule has 110 valence electrons. The highest BCUT2D eigenvalue weighted by Crippen LogP contribution is 2.21. The molecule has 8 heteroatoms. The lowest BCUT2D eigenvalue weighted by molar-refractivity contribution is 0.0711. The van der Waals surface area contributed by atoms with Crippen LogP contribution in [0.2, 0.25) is 5.02 Å². The summed E-state index contributed by atoms with van der Waals surface area (Å²) >= 11 is 5.85. The van der Waals surface area contributed by atoms with E-state index in [-0.39, 0.29) is 27.4 Å². The first-order chi connectivity index (χ1) is 9.29. The third-order valence-corrected chi connectivity index (χ3v) is 4.33. The Morgan fingerprint density at radius 3 is 2.70 bits per heavy atom. The molecule has 0 aliphatic carbocycles. The van der Waals surface area contributed by atoms with Crippen LogP contribution in [0.5, 0.6) is 0 Å². The van der Waals surface area contributed by atoms with Crippen molar-refractivity contribution in [2.45, 2.75) is 17.4 Å². The molecule has 0 radical (unpaired) electrons. The lowest BCUT2D eigenvalue weighted by Crippen LogP contribution is -2.37. The summed E-state index contributed by atoms with van der Waals surface area (Å²) in [5.41, 5.74) is 0.191. The first kappa shape index (κ1) is 15.2. The Kier molecular flexibility index (Phi) is 4.33. The van der Waals surface area contributed by atoms with E-state index in [2.05, 4.69) is 0 Å². The number of hydrogen-bond acceptors (Lipinski definition) is 4. The van der Waals surface area contributed by atoms with Gasteiger partial charge in [-0.05, 0) is 24.6 Å². The van der Waals surface area contributed by atoms with E-state index >= 15 is 0 Å². The first-order valence-corrected chi connectivity index (χ1v) is 7.90. The van der Waals surface area contributed by atoms with Crippen LogP contribution in [-0.4, -0.2) is 45.5 Å². The van der Waals surface area contributed by atoms with Crippen molar-refractivity contribution in [3.8, 4) is 0 Å².